The number of aliphatic imine (C=N–C) groups is 1. The van der Waals surface area contributed by atoms with Crippen LogP contribution in [-0.4, -0.2) is 34.7 Å². The third kappa shape index (κ3) is 7.47. The zero-order chi connectivity index (χ0) is 19.2. The van der Waals surface area contributed by atoms with Crippen LogP contribution in [0, 0.1) is 0 Å². The molecule has 0 radical (unpaired) electrons. The Bertz CT molecular complexity index is 718. The molecule has 0 aliphatic carbocycles. The molecule has 2 aromatic rings. The van der Waals surface area contributed by atoms with Crippen molar-refractivity contribution in [2.75, 3.05) is 13.6 Å². The van der Waals surface area contributed by atoms with E-state index < -0.39 is 0 Å². The summed E-state index contributed by atoms with van der Waals surface area (Å²) < 4.78 is 11.0. The molecule has 152 valence electrons. The Hall–Kier alpha value is -1.65. The summed E-state index contributed by atoms with van der Waals surface area (Å²) in [6, 6.07) is 0. The summed E-state index contributed by atoms with van der Waals surface area (Å²) in [7, 11) is 1.73. The first-order valence-corrected chi connectivity index (χ1v) is 9.01. The van der Waals surface area contributed by atoms with Gasteiger partial charge >= 0.3 is 0 Å². The van der Waals surface area contributed by atoms with Crippen LogP contribution in [-0.2, 0) is 18.4 Å². The molecule has 0 fully saturated rings. The highest BCUT2D eigenvalue weighted by Gasteiger charge is 2.19. The van der Waals surface area contributed by atoms with Gasteiger partial charge in [-0.2, -0.15) is 4.98 Å². The van der Waals surface area contributed by atoms with Gasteiger partial charge in [0.2, 0.25) is 11.8 Å². The first-order valence-electron chi connectivity index (χ1n) is 9.01. The van der Waals surface area contributed by atoms with Crippen LogP contribution in [0.2, 0.25) is 0 Å². The third-order valence-electron chi connectivity index (χ3n) is 3.78. The molecule has 0 aromatic carbocycles. The summed E-state index contributed by atoms with van der Waals surface area (Å²) in [6.45, 7) is 11.6. The van der Waals surface area contributed by atoms with Gasteiger partial charge in [-0.05, 0) is 6.42 Å². The summed E-state index contributed by atoms with van der Waals surface area (Å²) in [5.41, 5.74) is -0.0463. The molecule has 2 N–H and O–H groups in total. The molecule has 0 unspecified atom stereocenters. The van der Waals surface area contributed by atoms with E-state index in [9.17, 15) is 0 Å². The van der Waals surface area contributed by atoms with E-state index in [0.29, 0.717) is 24.3 Å². The molecule has 0 saturated heterocycles. The summed E-state index contributed by atoms with van der Waals surface area (Å²) in [5.74, 6) is 3.93. The van der Waals surface area contributed by atoms with Crippen molar-refractivity contribution in [3.05, 3.63) is 29.6 Å². The van der Waals surface area contributed by atoms with Gasteiger partial charge in [-0.15, -0.1) is 24.0 Å². The van der Waals surface area contributed by atoms with E-state index in [2.05, 4.69) is 51.5 Å². The summed E-state index contributed by atoms with van der Waals surface area (Å²) in [5, 5.41) is 10.4. The van der Waals surface area contributed by atoms with Crippen molar-refractivity contribution in [1.82, 2.24) is 25.8 Å². The second kappa shape index (κ2) is 10.6. The average molecular weight is 490 g/mol. The number of aryl methyl sites for hydroxylation is 1. The number of hydrogen-bond acceptors (Lipinski definition) is 6. The minimum Gasteiger partial charge on any atom is -0.443 e. The number of nitrogens with zero attached hydrogens (tertiary/aromatic N) is 4. The maximum absolute atomic E-state index is 5.76. The van der Waals surface area contributed by atoms with Gasteiger partial charge in [-0.3, -0.25) is 4.99 Å². The Morgan fingerprint density at radius 1 is 1.22 bits per heavy atom. The zero-order valence-corrected chi connectivity index (χ0v) is 19.3. The molecule has 27 heavy (non-hydrogen) atoms. The predicted octanol–water partition coefficient (Wildman–Crippen LogP) is 3.39. The molecule has 8 nitrogen and oxygen atoms in total. The molecule has 0 bridgehead atoms. The zero-order valence-electron chi connectivity index (χ0n) is 17.0. The SMILES string of the molecule is CN=C(NCCCc1nc(C(C)C)no1)NCc1ncc(C(C)(C)C)o1.I. The summed E-state index contributed by atoms with van der Waals surface area (Å²) >= 11 is 0. The van der Waals surface area contributed by atoms with Crippen LogP contribution in [0.1, 0.15) is 70.3 Å². The van der Waals surface area contributed by atoms with E-state index in [0.717, 1.165) is 31.0 Å². The minimum atomic E-state index is -0.0463. The monoisotopic (exact) mass is 490 g/mol. The van der Waals surface area contributed by atoms with Crippen LogP contribution in [0.3, 0.4) is 0 Å². The highest BCUT2D eigenvalue weighted by Crippen LogP contribution is 2.22. The molecule has 2 rings (SSSR count). The fraction of sp³-hybridized carbons (Fsp3) is 0.667. The topological polar surface area (TPSA) is 101 Å². The lowest BCUT2D eigenvalue weighted by Gasteiger charge is -2.13. The first-order chi connectivity index (χ1) is 12.3. The predicted molar refractivity (Wildman–Crippen MR) is 116 cm³/mol. The van der Waals surface area contributed by atoms with Crippen LogP contribution in [0.15, 0.2) is 20.1 Å². The van der Waals surface area contributed by atoms with Crippen LogP contribution < -0.4 is 10.6 Å². The Morgan fingerprint density at radius 2 is 1.96 bits per heavy atom. The number of guanidine groups is 1. The fourth-order valence-electron chi connectivity index (χ4n) is 2.17. The second-order valence-corrected chi connectivity index (χ2v) is 7.53. The van der Waals surface area contributed by atoms with Crippen LogP contribution in [0.4, 0.5) is 0 Å². The van der Waals surface area contributed by atoms with E-state index in [1.165, 1.54) is 0 Å². The van der Waals surface area contributed by atoms with Gasteiger partial charge in [0, 0.05) is 31.3 Å². The second-order valence-electron chi connectivity index (χ2n) is 7.53. The van der Waals surface area contributed by atoms with E-state index in [1.54, 1.807) is 13.2 Å². The normalized spacial score (nSPS) is 12.2. The van der Waals surface area contributed by atoms with E-state index in [-0.39, 0.29) is 35.3 Å². The Labute approximate surface area is 178 Å². The van der Waals surface area contributed by atoms with Crippen LogP contribution in [0.25, 0.3) is 0 Å². The summed E-state index contributed by atoms with van der Waals surface area (Å²) in [4.78, 5) is 12.9. The van der Waals surface area contributed by atoms with E-state index >= 15 is 0 Å². The Kier molecular flexibility index (Phi) is 9.20. The van der Waals surface area contributed by atoms with Crippen molar-refractivity contribution in [3.8, 4) is 0 Å². The molecular formula is C18H31IN6O2. The van der Waals surface area contributed by atoms with Gasteiger partial charge in [0.25, 0.3) is 0 Å². The van der Waals surface area contributed by atoms with Gasteiger partial charge in [-0.25, -0.2) is 4.98 Å². The molecular weight excluding hydrogens is 459 g/mol. The smallest absolute Gasteiger partial charge is 0.226 e. The van der Waals surface area contributed by atoms with Crippen molar-refractivity contribution < 1.29 is 8.94 Å². The molecule has 2 heterocycles. The molecule has 0 aliphatic rings. The lowest BCUT2D eigenvalue weighted by atomic mass is 9.94. The highest BCUT2D eigenvalue weighted by atomic mass is 127. The number of rotatable bonds is 7. The van der Waals surface area contributed by atoms with Crippen molar-refractivity contribution in [3.63, 3.8) is 0 Å². The Morgan fingerprint density at radius 3 is 2.52 bits per heavy atom. The number of oxazole rings is 1. The number of hydrogen-bond donors (Lipinski definition) is 2. The van der Waals surface area contributed by atoms with Crippen molar-refractivity contribution in [2.45, 2.75) is 65.3 Å². The molecule has 9 heteroatoms. The average Bonchev–Trinajstić information content (AvgIpc) is 3.23. The fourth-order valence-corrected chi connectivity index (χ4v) is 2.17. The van der Waals surface area contributed by atoms with Crippen molar-refractivity contribution in [1.29, 1.82) is 0 Å². The molecule has 0 saturated carbocycles. The maximum atomic E-state index is 5.76. The minimum absolute atomic E-state index is 0. The van der Waals surface area contributed by atoms with Crippen molar-refractivity contribution in [2.24, 2.45) is 4.99 Å². The lowest BCUT2D eigenvalue weighted by molar-refractivity contribution is 0.368. The molecule has 2 aromatic heterocycles. The standard InChI is InChI=1S/C18H30N6O2.HI/c1-12(2)16-23-14(26-24-16)8-7-9-20-17(19-6)22-11-15-21-10-13(25-15)18(3,4)5;/h10,12H,7-9,11H2,1-6H3,(H2,19,20,22);1H. The largest absolute Gasteiger partial charge is 0.443 e. The number of aromatic nitrogens is 3. The maximum Gasteiger partial charge on any atom is 0.226 e. The first kappa shape index (κ1) is 23.4. The van der Waals surface area contributed by atoms with E-state index in [4.69, 9.17) is 8.94 Å². The van der Waals surface area contributed by atoms with Crippen LogP contribution >= 0.6 is 24.0 Å². The lowest BCUT2D eigenvalue weighted by Crippen LogP contribution is -2.37. The van der Waals surface area contributed by atoms with E-state index in [1.807, 2.05) is 13.8 Å². The quantitative estimate of drug-likeness (QED) is 0.266. The third-order valence-corrected chi connectivity index (χ3v) is 3.78. The summed E-state index contributed by atoms with van der Waals surface area (Å²) in [6.07, 6.45) is 3.38. The van der Waals surface area contributed by atoms with Gasteiger partial charge in [0.05, 0.1) is 12.7 Å². The molecule has 0 atom stereocenters. The van der Waals surface area contributed by atoms with Crippen molar-refractivity contribution >= 4 is 29.9 Å². The molecule has 0 amide bonds. The number of halogens is 1. The molecule has 0 aliphatic heterocycles. The van der Waals surface area contributed by atoms with Gasteiger partial charge in [0.1, 0.15) is 5.76 Å². The van der Waals surface area contributed by atoms with Gasteiger partial charge < -0.3 is 19.6 Å². The number of nitrogens with one attached hydrogen (secondary N) is 2. The van der Waals surface area contributed by atoms with Gasteiger partial charge in [0.15, 0.2) is 11.8 Å². The molecule has 0 spiro atoms. The van der Waals surface area contributed by atoms with Gasteiger partial charge in [-0.1, -0.05) is 39.8 Å². The Balaban J connectivity index is 0.00000364. The van der Waals surface area contributed by atoms with Crippen LogP contribution in [0.5, 0.6) is 0 Å². The highest BCUT2D eigenvalue weighted by molar-refractivity contribution is 14.0.